The second-order valence-corrected chi connectivity index (χ2v) is 5.74. The lowest BCUT2D eigenvalue weighted by molar-refractivity contribution is 0.419. The first-order valence-electron chi connectivity index (χ1n) is 7.13. The van der Waals surface area contributed by atoms with Gasteiger partial charge in [-0.2, -0.15) is 0 Å². The smallest absolute Gasteiger partial charge is 0.128 e. The van der Waals surface area contributed by atoms with Crippen molar-refractivity contribution in [1.82, 2.24) is 5.32 Å². The zero-order chi connectivity index (χ0) is 13.4. The SMILES string of the molecule is CC(NC(C)C1CC1)c1ccc2ccccc2c1O. The summed E-state index contributed by atoms with van der Waals surface area (Å²) in [5.74, 6) is 1.24. The number of hydrogen-bond acceptors (Lipinski definition) is 2. The van der Waals surface area contributed by atoms with Crippen molar-refractivity contribution in [3.8, 4) is 5.75 Å². The minimum atomic E-state index is 0.181. The van der Waals surface area contributed by atoms with Gasteiger partial charge >= 0.3 is 0 Å². The van der Waals surface area contributed by atoms with Crippen LogP contribution in [-0.4, -0.2) is 11.1 Å². The minimum absolute atomic E-state index is 0.181. The van der Waals surface area contributed by atoms with Crippen LogP contribution in [0.1, 0.15) is 38.3 Å². The topological polar surface area (TPSA) is 32.3 Å². The maximum atomic E-state index is 10.4. The van der Waals surface area contributed by atoms with Gasteiger partial charge in [-0.1, -0.05) is 36.4 Å². The van der Waals surface area contributed by atoms with Crippen LogP contribution in [0.3, 0.4) is 0 Å². The Morgan fingerprint density at radius 2 is 1.84 bits per heavy atom. The van der Waals surface area contributed by atoms with Gasteiger partial charge in [-0.25, -0.2) is 0 Å². The molecule has 1 aliphatic rings. The molecule has 1 fully saturated rings. The first-order chi connectivity index (χ1) is 9.16. The third-order valence-corrected chi connectivity index (χ3v) is 4.24. The van der Waals surface area contributed by atoms with Gasteiger partial charge in [-0.15, -0.1) is 0 Å². The van der Waals surface area contributed by atoms with E-state index in [9.17, 15) is 5.11 Å². The summed E-state index contributed by atoms with van der Waals surface area (Å²) in [6.45, 7) is 4.37. The molecule has 2 atom stereocenters. The van der Waals surface area contributed by atoms with Gasteiger partial charge in [0.25, 0.3) is 0 Å². The van der Waals surface area contributed by atoms with Gasteiger partial charge in [0.05, 0.1) is 0 Å². The van der Waals surface area contributed by atoms with Crippen molar-refractivity contribution in [3.05, 3.63) is 42.0 Å². The van der Waals surface area contributed by atoms with E-state index in [2.05, 4.69) is 25.2 Å². The third kappa shape index (κ3) is 2.45. The molecule has 2 unspecified atom stereocenters. The highest BCUT2D eigenvalue weighted by Crippen LogP contribution is 2.36. The molecule has 2 aromatic carbocycles. The van der Waals surface area contributed by atoms with E-state index in [1.807, 2.05) is 30.3 Å². The molecule has 0 aliphatic heterocycles. The number of fused-ring (bicyclic) bond motifs is 1. The average Bonchev–Trinajstić information content (AvgIpc) is 3.23. The molecular formula is C17H21NO. The van der Waals surface area contributed by atoms with Gasteiger partial charge in [0, 0.05) is 23.0 Å². The van der Waals surface area contributed by atoms with Gasteiger partial charge in [0.1, 0.15) is 5.75 Å². The number of phenols is 1. The molecule has 0 aromatic heterocycles. The van der Waals surface area contributed by atoms with Crippen LogP contribution in [0.2, 0.25) is 0 Å². The standard InChI is InChI=1S/C17H21NO/c1-11(13-7-8-13)18-12(2)15-10-9-14-5-3-4-6-16(14)17(15)19/h3-6,9-13,18-19H,7-8H2,1-2H3. The molecule has 1 saturated carbocycles. The fourth-order valence-corrected chi connectivity index (χ4v) is 2.84. The van der Waals surface area contributed by atoms with Crippen molar-refractivity contribution in [2.75, 3.05) is 0 Å². The molecule has 3 rings (SSSR count). The van der Waals surface area contributed by atoms with E-state index >= 15 is 0 Å². The molecule has 2 nitrogen and oxygen atoms in total. The maximum Gasteiger partial charge on any atom is 0.128 e. The minimum Gasteiger partial charge on any atom is -0.507 e. The molecular weight excluding hydrogens is 234 g/mol. The summed E-state index contributed by atoms with van der Waals surface area (Å²) in [6.07, 6.45) is 2.68. The highest BCUT2D eigenvalue weighted by molar-refractivity contribution is 5.89. The predicted molar refractivity (Wildman–Crippen MR) is 79.3 cm³/mol. The van der Waals surface area contributed by atoms with Crippen molar-refractivity contribution >= 4 is 10.8 Å². The monoisotopic (exact) mass is 255 g/mol. The molecule has 100 valence electrons. The van der Waals surface area contributed by atoms with Crippen LogP contribution in [0.5, 0.6) is 5.75 Å². The van der Waals surface area contributed by atoms with E-state index in [-0.39, 0.29) is 6.04 Å². The van der Waals surface area contributed by atoms with E-state index in [0.29, 0.717) is 11.8 Å². The van der Waals surface area contributed by atoms with Crippen LogP contribution in [0.25, 0.3) is 10.8 Å². The van der Waals surface area contributed by atoms with Crippen molar-refractivity contribution in [2.24, 2.45) is 5.92 Å². The lowest BCUT2D eigenvalue weighted by Gasteiger charge is -2.21. The molecule has 0 spiro atoms. The molecule has 0 bridgehead atoms. The molecule has 0 amide bonds. The van der Waals surface area contributed by atoms with E-state index < -0.39 is 0 Å². The van der Waals surface area contributed by atoms with Gasteiger partial charge < -0.3 is 10.4 Å². The Balaban J connectivity index is 1.88. The average molecular weight is 255 g/mol. The first kappa shape index (κ1) is 12.5. The highest BCUT2D eigenvalue weighted by atomic mass is 16.3. The van der Waals surface area contributed by atoms with Gasteiger partial charge in [0.15, 0.2) is 0 Å². The Kier molecular flexibility index (Phi) is 3.19. The van der Waals surface area contributed by atoms with Gasteiger partial charge in [-0.05, 0) is 38.0 Å². The summed E-state index contributed by atoms with van der Waals surface area (Å²) in [4.78, 5) is 0. The fraction of sp³-hybridized carbons (Fsp3) is 0.412. The lowest BCUT2D eigenvalue weighted by Crippen LogP contribution is -2.30. The van der Waals surface area contributed by atoms with Crippen molar-refractivity contribution in [2.45, 2.75) is 38.8 Å². The van der Waals surface area contributed by atoms with Crippen molar-refractivity contribution in [3.63, 3.8) is 0 Å². The summed E-state index contributed by atoms with van der Waals surface area (Å²) in [5, 5.41) is 16.1. The van der Waals surface area contributed by atoms with Crippen LogP contribution in [0.4, 0.5) is 0 Å². The number of phenolic OH excluding ortho intramolecular Hbond substituents is 1. The summed E-state index contributed by atoms with van der Waals surface area (Å²) in [5.41, 5.74) is 0.992. The fourth-order valence-electron chi connectivity index (χ4n) is 2.84. The second kappa shape index (κ2) is 4.86. The Morgan fingerprint density at radius 3 is 2.58 bits per heavy atom. The highest BCUT2D eigenvalue weighted by Gasteiger charge is 2.29. The van der Waals surface area contributed by atoms with E-state index in [4.69, 9.17) is 0 Å². The zero-order valence-corrected chi connectivity index (χ0v) is 11.6. The lowest BCUT2D eigenvalue weighted by atomic mass is 10.00. The van der Waals surface area contributed by atoms with Gasteiger partial charge in [-0.3, -0.25) is 0 Å². The third-order valence-electron chi connectivity index (χ3n) is 4.24. The largest absolute Gasteiger partial charge is 0.507 e. The van der Waals surface area contributed by atoms with E-state index in [1.165, 1.54) is 12.8 Å². The number of benzene rings is 2. The Morgan fingerprint density at radius 1 is 1.11 bits per heavy atom. The summed E-state index contributed by atoms with van der Waals surface area (Å²) in [7, 11) is 0. The second-order valence-electron chi connectivity index (χ2n) is 5.74. The maximum absolute atomic E-state index is 10.4. The van der Waals surface area contributed by atoms with Crippen LogP contribution in [0, 0.1) is 5.92 Å². The Labute approximate surface area is 114 Å². The van der Waals surface area contributed by atoms with Crippen LogP contribution >= 0.6 is 0 Å². The summed E-state index contributed by atoms with van der Waals surface area (Å²) < 4.78 is 0. The molecule has 19 heavy (non-hydrogen) atoms. The summed E-state index contributed by atoms with van der Waals surface area (Å²) >= 11 is 0. The molecule has 2 heteroatoms. The molecule has 0 heterocycles. The number of aromatic hydroxyl groups is 1. The van der Waals surface area contributed by atoms with Crippen LogP contribution in [-0.2, 0) is 0 Å². The number of nitrogens with one attached hydrogen (secondary N) is 1. The molecule has 0 saturated heterocycles. The van der Waals surface area contributed by atoms with Crippen LogP contribution < -0.4 is 5.32 Å². The van der Waals surface area contributed by atoms with E-state index in [0.717, 1.165) is 22.3 Å². The zero-order valence-electron chi connectivity index (χ0n) is 11.6. The molecule has 1 aliphatic carbocycles. The van der Waals surface area contributed by atoms with Crippen LogP contribution in [0.15, 0.2) is 36.4 Å². The van der Waals surface area contributed by atoms with Gasteiger partial charge in [0.2, 0.25) is 0 Å². The Hall–Kier alpha value is -1.54. The number of rotatable bonds is 4. The summed E-state index contributed by atoms with van der Waals surface area (Å²) in [6, 6.07) is 12.8. The molecule has 0 radical (unpaired) electrons. The van der Waals surface area contributed by atoms with Crippen molar-refractivity contribution in [1.29, 1.82) is 0 Å². The molecule has 2 N–H and O–H groups in total. The van der Waals surface area contributed by atoms with Crippen molar-refractivity contribution < 1.29 is 5.11 Å². The number of hydrogen-bond donors (Lipinski definition) is 2. The molecule has 2 aromatic rings. The Bertz CT molecular complexity index is 589. The van der Waals surface area contributed by atoms with E-state index in [1.54, 1.807) is 0 Å². The predicted octanol–water partition coefficient (Wildman–Crippen LogP) is 3.99. The quantitative estimate of drug-likeness (QED) is 0.865. The normalized spacial score (nSPS) is 18.4. The first-order valence-corrected chi connectivity index (χ1v) is 7.13.